The van der Waals surface area contributed by atoms with Gasteiger partial charge in [0, 0.05) is 17.8 Å². The summed E-state index contributed by atoms with van der Waals surface area (Å²) in [5.41, 5.74) is 4.39. The molecule has 2 rings (SSSR count). The highest BCUT2D eigenvalue weighted by atomic mass is 16.5. The SMILES string of the molecule is COc1ccc(O)c(CNc2ccc(C)c(C)c2)c1. The van der Waals surface area contributed by atoms with Crippen LogP contribution in [-0.2, 0) is 6.54 Å². The molecule has 0 atom stereocenters. The van der Waals surface area contributed by atoms with E-state index in [4.69, 9.17) is 4.74 Å². The summed E-state index contributed by atoms with van der Waals surface area (Å²) in [6.07, 6.45) is 0. The number of rotatable bonds is 4. The number of anilines is 1. The number of ether oxygens (including phenoxy) is 1. The van der Waals surface area contributed by atoms with Gasteiger partial charge in [-0.15, -0.1) is 0 Å². The van der Waals surface area contributed by atoms with Gasteiger partial charge in [0.15, 0.2) is 0 Å². The highest BCUT2D eigenvalue weighted by molar-refractivity contribution is 5.50. The van der Waals surface area contributed by atoms with Crippen molar-refractivity contribution in [2.24, 2.45) is 0 Å². The van der Waals surface area contributed by atoms with E-state index in [1.54, 1.807) is 19.2 Å². The highest BCUT2D eigenvalue weighted by Gasteiger charge is 2.03. The van der Waals surface area contributed by atoms with Crippen LogP contribution in [0.1, 0.15) is 16.7 Å². The molecule has 2 aromatic carbocycles. The van der Waals surface area contributed by atoms with E-state index < -0.39 is 0 Å². The monoisotopic (exact) mass is 257 g/mol. The van der Waals surface area contributed by atoms with Crippen molar-refractivity contribution < 1.29 is 9.84 Å². The molecule has 0 fully saturated rings. The van der Waals surface area contributed by atoms with Gasteiger partial charge in [0.1, 0.15) is 11.5 Å². The van der Waals surface area contributed by atoms with Gasteiger partial charge in [0.05, 0.1) is 7.11 Å². The lowest BCUT2D eigenvalue weighted by Crippen LogP contribution is -2.00. The fourth-order valence-electron chi connectivity index (χ4n) is 1.88. The second-order valence-electron chi connectivity index (χ2n) is 4.65. The predicted molar refractivity (Wildman–Crippen MR) is 77.9 cm³/mol. The number of phenols is 1. The summed E-state index contributed by atoms with van der Waals surface area (Å²) >= 11 is 0. The van der Waals surface area contributed by atoms with Crippen LogP contribution in [0.15, 0.2) is 36.4 Å². The molecule has 0 radical (unpaired) electrons. The van der Waals surface area contributed by atoms with Crippen LogP contribution >= 0.6 is 0 Å². The fourth-order valence-corrected chi connectivity index (χ4v) is 1.88. The zero-order valence-electron chi connectivity index (χ0n) is 11.5. The molecule has 2 N–H and O–H groups in total. The van der Waals surface area contributed by atoms with Crippen LogP contribution in [-0.4, -0.2) is 12.2 Å². The van der Waals surface area contributed by atoms with Crippen LogP contribution < -0.4 is 10.1 Å². The summed E-state index contributed by atoms with van der Waals surface area (Å²) in [5, 5.41) is 13.1. The van der Waals surface area contributed by atoms with E-state index >= 15 is 0 Å². The van der Waals surface area contributed by atoms with Crippen molar-refractivity contribution in [1.29, 1.82) is 0 Å². The number of nitrogens with one attached hydrogen (secondary N) is 1. The van der Waals surface area contributed by atoms with E-state index in [2.05, 4.69) is 31.3 Å². The van der Waals surface area contributed by atoms with E-state index in [9.17, 15) is 5.11 Å². The lowest BCUT2D eigenvalue weighted by molar-refractivity contribution is 0.411. The first-order valence-electron chi connectivity index (χ1n) is 6.27. The molecule has 2 aromatic rings. The molecule has 0 amide bonds. The van der Waals surface area contributed by atoms with E-state index in [1.165, 1.54) is 11.1 Å². The third-order valence-electron chi connectivity index (χ3n) is 3.28. The average Bonchev–Trinajstić information content (AvgIpc) is 2.41. The molecule has 19 heavy (non-hydrogen) atoms. The second kappa shape index (κ2) is 5.65. The quantitative estimate of drug-likeness (QED) is 0.878. The van der Waals surface area contributed by atoms with Gasteiger partial charge in [-0.2, -0.15) is 0 Å². The van der Waals surface area contributed by atoms with Gasteiger partial charge in [-0.05, 0) is 55.3 Å². The molecule has 3 heteroatoms. The molecule has 0 aromatic heterocycles. The first kappa shape index (κ1) is 13.3. The Kier molecular flexibility index (Phi) is 3.95. The zero-order chi connectivity index (χ0) is 13.8. The summed E-state index contributed by atoms with van der Waals surface area (Å²) < 4.78 is 5.16. The van der Waals surface area contributed by atoms with Gasteiger partial charge >= 0.3 is 0 Å². The third kappa shape index (κ3) is 3.19. The highest BCUT2D eigenvalue weighted by Crippen LogP contribution is 2.24. The summed E-state index contributed by atoms with van der Waals surface area (Å²) in [5.74, 6) is 1.02. The number of aryl methyl sites for hydroxylation is 2. The molecule has 0 unspecified atom stereocenters. The minimum absolute atomic E-state index is 0.275. The molecular weight excluding hydrogens is 238 g/mol. The summed E-state index contributed by atoms with van der Waals surface area (Å²) in [6, 6.07) is 11.5. The van der Waals surface area contributed by atoms with Crippen molar-refractivity contribution in [2.45, 2.75) is 20.4 Å². The second-order valence-corrected chi connectivity index (χ2v) is 4.65. The van der Waals surface area contributed by atoms with Gasteiger partial charge < -0.3 is 15.2 Å². The smallest absolute Gasteiger partial charge is 0.120 e. The normalized spacial score (nSPS) is 10.3. The Bertz CT molecular complexity index is 579. The van der Waals surface area contributed by atoms with E-state index in [0.29, 0.717) is 6.54 Å². The van der Waals surface area contributed by atoms with Crippen LogP contribution in [0.4, 0.5) is 5.69 Å². The summed E-state index contributed by atoms with van der Waals surface area (Å²) in [4.78, 5) is 0. The number of methoxy groups -OCH3 is 1. The lowest BCUT2D eigenvalue weighted by Gasteiger charge is -2.11. The van der Waals surface area contributed by atoms with Crippen LogP contribution in [0, 0.1) is 13.8 Å². The number of aromatic hydroxyl groups is 1. The molecular formula is C16H19NO2. The van der Waals surface area contributed by atoms with Crippen molar-refractivity contribution in [1.82, 2.24) is 0 Å². The molecule has 0 aliphatic carbocycles. The molecule has 0 aliphatic rings. The Balaban J connectivity index is 2.11. The molecule has 0 heterocycles. The Hall–Kier alpha value is -2.16. The van der Waals surface area contributed by atoms with Crippen molar-refractivity contribution in [3.63, 3.8) is 0 Å². The number of hydrogen-bond acceptors (Lipinski definition) is 3. The van der Waals surface area contributed by atoms with Gasteiger partial charge in [-0.25, -0.2) is 0 Å². The predicted octanol–water partition coefficient (Wildman–Crippen LogP) is 3.63. The van der Waals surface area contributed by atoms with Crippen molar-refractivity contribution >= 4 is 5.69 Å². The van der Waals surface area contributed by atoms with Crippen LogP contribution in [0.5, 0.6) is 11.5 Å². The van der Waals surface area contributed by atoms with Crippen molar-refractivity contribution in [3.05, 3.63) is 53.1 Å². The number of hydrogen-bond donors (Lipinski definition) is 2. The van der Waals surface area contributed by atoms with Crippen LogP contribution in [0.2, 0.25) is 0 Å². The first-order valence-corrected chi connectivity index (χ1v) is 6.27. The molecule has 3 nitrogen and oxygen atoms in total. The van der Waals surface area contributed by atoms with Crippen LogP contribution in [0.3, 0.4) is 0 Å². The summed E-state index contributed by atoms with van der Waals surface area (Å²) in [7, 11) is 1.62. The maximum atomic E-state index is 9.81. The van der Waals surface area contributed by atoms with Gasteiger partial charge in [-0.3, -0.25) is 0 Å². The largest absolute Gasteiger partial charge is 0.508 e. The van der Waals surface area contributed by atoms with Gasteiger partial charge in [-0.1, -0.05) is 6.07 Å². The Morgan fingerprint density at radius 3 is 2.53 bits per heavy atom. The Morgan fingerprint density at radius 2 is 1.84 bits per heavy atom. The maximum absolute atomic E-state index is 9.81. The van der Waals surface area contributed by atoms with E-state index in [-0.39, 0.29) is 5.75 Å². The Morgan fingerprint density at radius 1 is 1.05 bits per heavy atom. The molecule has 0 spiro atoms. The van der Waals surface area contributed by atoms with Gasteiger partial charge in [0.2, 0.25) is 0 Å². The van der Waals surface area contributed by atoms with Gasteiger partial charge in [0.25, 0.3) is 0 Å². The Labute approximate surface area is 113 Å². The first-order chi connectivity index (χ1) is 9.10. The number of phenolic OH excluding ortho intramolecular Hbond substituents is 1. The zero-order valence-corrected chi connectivity index (χ0v) is 11.5. The van der Waals surface area contributed by atoms with Crippen LogP contribution in [0.25, 0.3) is 0 Å². The fraction of sp³-hybridized carbons (Fsp3) is 0.250. The van der Waals surface area contributed by atoms with Crippen molar-refractivity contribution in [2.75, 3.05) is 12.4 Å². The average molecular weight is 257 g/mol. The third-order valence-corrected chi connectivity index (χ3v) is 3.28. The molecule has 0 saturated carbocycles. The maximum Gasteiger partial charge on any atom is 0.120 e. The minimum atomic E-state index is 0.275. The van der Waals surface area contributed by atoms with Crippen molar-refractivity contribution in [3.8, 4) is 11.5 Å². The summed E-state index contributed by atoms with van der Waals surface area (Å²) in [6.45, 7) is 4.74. The molecule has 0 saturated heterocycles. The standard InChI is InChI=1S/C16H19NO2/c1-11-4-5-14(8-12(11)2)17-10-13-9-15(19-3)6-7-16(13)18/h4-9,17-18H,10H2,1-3H3. The molecule has 0 aliphatic heterocycles. The topological polar surface area (TPSA) is 41.5 Å². The molecule has 100 valence electrons. The minimum Gasteiger partial charge on any atom is -0.508 e. The van der Waals surface area contributed by atoms with E-state index in [1.807, 2.05) is 12.1 Å². The lowest BCUT2D eigenvalue weighted by atomic mass is 10.1. The number of benzene rings is 2. The molecule has 0 bridgehead atoms. The van der Waals surface area contributed by atoms with E-state index in [0.717, 1.165) is 17.0 Å².